The van der Waals surface area contributed by atoms with E-state index >= 15 is 0 Å². The predicted octanol–water partition coefficient (Wildman–Crippen LogP) is 3.39. The molecular weight excluding hydrogens is 376 g/mol. The summed E-state index contributed by atoms with van der Waals surface area (Å²) in [5.74, 6) is 0.0465. The number of aromatic amines is 1. The third-order valence-electron chi connectivity index (χ3n) is 5.55. The van der Waals surface area contributed by atoms with Crippen LogP contribution in [0.2, 0.25) is 0 Å². The van der Waals surface area contributed by atoms with Crippen LogP contribution in [0, 0.1) is 13.8 Å². The van der Waals surface area contributed by atoms with Gasteiger partial charge in [0.25, 0.3) is 11.5 Å². The minimum atomic E-state index is -0.312. The molecule has 2 aromatic heterocycles. The van der Waals surface area contributed by atoms with Gasteiger partial charge in [-0.2, -0.15) is 5.10 Å². The zero-order valence-electron chi connectivity index (χ0n) is 17.4. The lowest BCUT2D eigenvalue weighted by Gasteiger charge is -2.32. The number of H-pyrrole nitrogens is 1. The molecule has 1 N–H and O–H groups in total. The average molecular weight is 402 g/mol. The first kappa shape index (κ1) is 20.0. The number of carbonyl (C=O) groups excluding carboxylic acids is 1. The van der Waals surface area contributed by atoms with Crippen LogP contribution in [-0.2, 0) is 6.42 Å². The Morgan fingerprint density at radius 2 is 2.00 bits per heavy atom. The van der Waals surface area contributed by atoms with Crippen LogP contribution in [0.15, 0.2) is 53.3 Å². The fraction of sp³-hybridized carbons (Fsp3) is 0.333. The van der Waals surface area contributed by atoms with Crippen LogP contribution in [0.3, 0.4) is 0 Å². The molecule has 1 aliphatic rings. The van der Waals surface area contributed by atoms with E-state index in [0.717, 1.165) is 30.7 Å². The molecule has 1 aromatic carbocycles. The van der Waals surface area contributed by atoms with Gasteiger partial charge in [0, 0.05) is 36.5 Å². The Labute approximate surface area is 176 Å². The van der Waals surface area contributed by atoms with Gasteiger partial charge < -0.3 is 4.90 Å². The number of aryl methyl sites for hydroxylation is 2. The van der Waals surface area contributed by atoms with E-state index < -0.39 is 0 Å². The van der Waals surface area contributed by atoms with E-state index in [0.29, 0.717) is 13.1 Å². The van der Waals surface area contributed by atoms with Crippen LogP contribution in [0.4, 0.5) is 0 Å². The van der Waals surface area contributed by atoms with E-state index in [2.05, 4.69) is 53.5 Å². The maximum absolute atomic E-state index is 12.8. The van der Waals surface area contributed by atoms with E-state index in [4.69, 9.17) is 4.98 Å². The molecule has 0 aliphatic carbocycles. The van der Waals surface area contributed by atoms with Gasteiger partial charge in [0.05, 0.1) is 0 Å². The van der Waals surface area contributed by atoms with Crippen molar-refractivity contribution in [1.29, 1.82) is 0 Å². The number of carbonyl (C=O) groups is 1. The number of nitrogens with one attached hydrogen (secondary N) is 1. The van der Waals surface area contributed by atoms with Crippen molar-refractivity contribution in [1.82, 2.24) is 20.1 Å². The van der Waals surface area contributed by atoms with E-state index in [-0.39, 0.29) is 23.1 Å². The monoisotopic (exact) mass is 402 g/mol. The van der Waals surface area contributed by atoms with Crippen LogP contribution in [0.1, 0.15) is 57.3 Å². The number of benzene rings is 1. The summed E-state index contributed by atoms with van der Waals surface area (Å²) in [6.45, 7) is 5.44. The molecule has 0 radical (unpaired) electrons. The molecule has 0 spiro atoms. The van der Waals surface area contributed by atoms with Gasteiger partial charge in [0.2, 0.25) is 0 Å². The number of rotatable bonds is 4. The number of aromatic nitrogens is 3. The summed E-state index contributed by atoms with van der Waals surface area (Å²) in [5, 5.41) is 6.23. The summed E-state index contributed by atoms with van der Waals surface area (Å²) in [6, 6.07) is 15.7. The fourth-order valence-electron chi connectivity index (χ4n) is 4.17. The number of hydrogen-bond acceptors (Lipinski definition) is 4. The molecule has 0 unspecified atom stereocenters. The highest BCUT2D eigenvalue weighted by atomic mass is 16.2. The van der Waals surface area contributed by atoms with Gasteiger partial charge in [-0.05, 0) is 62.4 Å². The Morgan fingerprint density at radius 1 is 1.13 bits per heavy atom. The van der Waals surface area contributed by atoms with Gasteiger partial charge >= 0.3 is 0 Å². The first-order valence-electron chi connectivity index (χ1n) is 10.4. The smallest absolute Gasteiger partial charge is 0.274 e. The van der Waals surface area contributed by atoms with Crippen LogP contribution >= 0.6 is 0 Å². The van der Waals surface area contributed by atoms with Crippen molar-refractivity contribution in [2.24, 2.45) is 0 Å². The Balaban J connectivity index is 1.53. The second kappa shape index (κ2) is 8.61. The van der Waals surface area contributed by atoms with Crippen molar-refractivity contribution >= 4 is 5.91 Å². The Kier molecular flexibility index (Phi) is 5.74. The first-order chi connectivity index (χ1) is 14.5. The normalized spacial score (nSPS) is 16.5. The molecule has 3 aromatic rings. The summed E-state index contributed by atoms with van der Waals surface area (Å²) in [4.78, 5) is 30.6. The summed E-state index contributed by atoms with van der Waals surface area (Å²) in [7, 11) is 0. The second-order valence-corrected chi connectivity index (χ2v) is 8.10. The first-order valence-corrected chi connectivity index (χ1v) is 10.4. The highest BCUT2D eigenvalue weighted by molar-refractivity contribution is 5.92. The highest BCUT2D eigenvalue weighted by Gasteiger charge is 2.27. The number of hydrogen-bond donors (Lipinski definition) is 1. The molecule has 0 saturated carbocycles. The second-order valence-electron chi connectivity index (χ2n) is 8.10. The molecule has 154 valence electrons. The lowest BCUT2D eigenvalue weighted by Crippen LogP contribution is -2.40. The van der Waals surface area contributed by atoms with Crippen molar-refractivity contribution in [3.8, 4) is 0 Å². The van der Waals surface area contributed by atoms with Crippen LogP contribution in [0.5, 0.6) is 0 Å². The third-order valence-corrected chi connectivity index (χ3v) is 5.55. The molecule has 1 saturated heterocycles. The van der Waals surface area contributed by atoms with Crippen molar-refractivity contribution in [3.05, 3.63) is 92.7 Å². The molecule has 1 amide bonds. The van der Waals surface area contributed by atoms with Gasteiger partial charge in [-0.15, -0.1) is 0 Å². The van der Waals surface area contributed by atoms with Crippen LogP contribution < -0.4 is 5.56 Å². The number of pyridine rings is 1. The zero-order valence-corrected chi connectivity index (χ0v) is 17.4. The van der Waals surface area contributed by atoms with Gasteiger partial charge in [-0.1, -0.05) is 29.8 Å². The standard InChI is InChI=1S/C24H26N4O2/c1-16-5-3-6-18(11-16)13-19-12-17(2)25-22(14-19)20-7-4-10-28(15-20)24(30)21-8-9-23(29)27-26-21/h3,5-6,8-9,11-12,14,20H,4,7,10,13,15H2,1-2H3,(H,27,29)/t20-/m1/s1. The van der Waals surface area contributed by atoms with Crippen LogP contribution in [-0.4, -0.2) is 39.1 Å². The molecule has 4 rings (SSSR count). The fourth-order valence-corrected chi connectivity index (χ4v) is 4.17. The molecule has 1 fully saturated rings. The minimum absolute atomic E-state index is 0.149. The minimum Gasteiger partial charge on any atom is -0.337 e. The zero-order chi connectivity index (χ0) is 21.1. The van der Waals surface area contributed by atoms with Crippen molar-refractivity contribution in [2.45, 2.75) is 39.0 Å². The Hall–Kier alpha value is -3.28. The summed E-state index contributed by atoms with van der Waals surface area (Å²) < 4.78 is 0. The van der Waals surface area contributed by atoms with Crippen molar-refractivity contribution < 1.29 is 4.79 Å². The molecule has 1 aliphatic heterocycles. The van der Waals surface area contributed by atoms with Crippen molar-refractivity contribution in [3.63, 3.8) is 0 Å². The summed E-state index contributed by atoms with van der Waals surface area (Å²) in [6.07, 6.45) is 2.79. The van der Waals surface area contributed by atoms with E-state index in [1.54, 1.807) is 0 Å². The van der Waals surface area contributed by atoms with Gasteiger partial charge in [0.15, 0.2) is 0 Å². The SMILES string of the molecule is Cc1cccc(Cc2cc(C)nc([C@@H]3CCCN(C(=O)c4ccc(=O)[nH]n4)C3)c2)c1. The largest absolute Gasteiger partial charge is 0.337 e. The lowest BCUT2D eigenvalue weighted by molar-refractivity contribution is 0.0698. The third kappa shape index (κ3) is 4.64. The summed E-state index contributed by atoms with van der Waals surface area (Å²) >= 11 is 0. The van der Waals surface area contributed by atoms with E-state index in [1.165, 1.54) is 28.8 Å². The number of amides is 1. The van der Waals surface area contributed by atoms with Crippen molar-refractivity contribution in [2.75, 3.05) is 13.1 Å². The van der Waals surface area contributed by atoms with Crippen LogP contribution in [0.25, 0.3) is 0 Å². The maximum Gasteiger partial charge on any atom is 0.274 e. The molecule has 0 bridgehead atoms. The quantitative estimate of drug-likeness (QED) is 0.725. The number of likely N-dealkylation sites (tertiary alicyclic amines) is 1. The topological polar surface area (TPSA) is 79.0 Å². The summed E-state index contributed by atoms with van der Waals surface area (Å²) in [5.41, 5.74) is 5.80. The molecule has 3 heterocycles. The number of piperidine rings is 1. The Bertz CT molecular complexity index is 1100. The van der Waals surface area contributed by atoms with E-state index in [1.807, 2.05) is 11.8 Å². The van der Waals surface area contributed by atoms with Gasteiger partial charge in [-0.25, -0.2) is 5.10 Å². The molecule has 1 atom stereocenters. The molecular formula is C24H26N4O2. The highest BCUT2D eigenvalue weighted by Crippen LogP contribution is 2.28. The number of nitrogens with zero attached hydrogens (tertiary/aromatic N) is 3. The predicted molar refractivity (Wildman–Crippen MR) is 116 cm³/mol. The molecule has 6 nitrogen and oxygen atoms in total. The molecule has 30 heavy (non-hydrogen) atoms. The maximum atomic E-state index is 12.8. The van der Waals surface area contributed by atoms with Gasteiger partial charge in [-0.3, -0.25) is 14.6 Å². The molecule has 6 heteroatoms. The Morgan fingerprint density at radius 3 is 2.77 bits per heavy atom. The van der Waals surface area contributed by atoms with Gasteiger partial charge in [0.1, 0.15) is 5.69 Å². The van der Waals surface area contributed by atoms with E-state index in [9.17, 15) is 9.59 Å². The average Bonchev–Trinajstić information content (AvgIpc) is 2.73. The lowest BCUT2D eigenvalue weighted by atomic mass is 9.92.